The van der Waals surface area contributed by atoms with E-state index in [9.17, 15) is 19.2 Å². The highest BCUT2D eigenvalue weighted by atomic mass is 35.5. The Labute approximate surface area is 165 Å². The number of aromatic amines is 2. The Bertz CT molecular complexity index is 1400. The number of ketones is 2. The Morgan fingerprint density at radius 2 is 1.00 bits per heavy atom. The van der Waals surface area contributed by atoms with Crippen molar-refractivity contribution in [3.63, 3.8) is 0 Å². The zero-order valence-corrected chi connectivity index (χ0v) is 15.4. The number of benzene rings is 2. The number of pyridine rings is 2. The lowest BCUT2D eigenvalue weighted by molar-refractivity contribution is 0.0971. The maximum atomic E-state index is 13.1. The van der Waals surface area contributed by atoms with Gasteiger partial charge in [-0.1, -0.05) is 23.2 Å². The molecule has 136 valence electrons. The second kappa shape index (κ2) is 5.64. The molecule has 0 saturated carbocycles. The standard InChI is InChI=1S/C20H8Cl2N2O4/c21-7-1-3-11-9(5-7)17(25)13-15(23-11)19(27)14-16(20(13)28)24-12-4-2-8(22)6-10(12)18(14)26/h1-6H,(H,23,25)(H,24,26). The fourth-order valence-corrected chi connectivity index (χ4v) is 3.89. The van der Waals surface area contributed by atoms with E-state index in [0.717, 1.165) is 0 Å². The summed E-state index contributed by atoms with van der Waals surface area (Å²) < 4.78 is 0. The topological polar surface area (TPSA) is 99.9 Å². The first-order valence-electron chi connectivity index (χ1n) is 8.17. The van der Waals surface area contributed by atoms with Gasteiger partial charge in [0.25, 0.3) is 0 Å². The second-order valence-electron chi connectivity index (χ2n) is 6.45. The summed E-state index contributed by atoms with van der Waals surface area (Å²) in [5, 5.41) is 1.02. The zero-order chi connectivity index (χ0) is 19.7. The maximum absolute atomic E-state index is 13.1. The minimum Gasteiger partial charge on any atom is -0.351 e. The fourth-order valence-electron chi connectivity index (χ4n) is 3.54. The molecule has 0 amide bonds. The van der Waals surface area contributed by atoms with Gasteiger partial charge >= 0.3 is 0 Å². The van der Waals surface area contributed by atoms with E-state index in [1.165, 1.54) is 24.3 Å². The summed E-state index contributed by atoms with van der Waals surface area (Å²) in [4.78, 5) is 57.6. The molecular weight excluding hydrogens is 403 g/mol. The van der Waals surface area contributed by atoms with Crippen LogP contribution in [0.5, 0.6) is 0 Å². The molecule has 2 heterocycles. The Balaban J connectivity index is 1.92. The van der Waals surface area contributed by atoms with E-state index in [0.29, 0.717) is 21.1 Å². The molecule has 2 N–H and O–H groups in total. The number of H-pyrrole nitrogens is 2. The highest BCUT2D eigenvalue weighted by molar-refractivity contribution is 6.32. The van der Waals surface area contributed by atoms with Crippen LogP contribution in [0, 0.1) is 0 Å². The van der Waals surface area contributed by atoms with Crippen LogP contribution >= 0.6 is 23.2 Å². The van der Waals surface area contributed by atoms with Crippen LogP contribution in [0.4, 0.5) is 0 Å². The number of carbonyl (C=O) groups excluding carboxylic acids is 2. The van der Waals surface area contributed by atoms with Crippen molar-refractivity contribution in [1.82, 2.24) is 9.97 Å². The average Bonchev–Trinajstić information content (AvgIpc) is 2.67. The third-order valence-electron chi connectivity index (χ3n) is 4.83. The molecule has 28 heavy (non-hydrogen) atoms. The van der Waals surface area contributed by atoms with E-state index < -0.39 is 22.4 Å². The van der Waals surface area contributed by atoms with Crippen LogP contribution in [0.3, 0.4) is 0 Å². The summed E-state index contributed by atoms with van der Waals surface area (Å²) in [6.07, 6.45) is 0. The molecular formula is C20H8Cl2N2O4. The summed E-state index contributed by atoms with van der Waals surface area (Å²) in [5.41, 5.74) is -1.57. The molecule has 0 spiro atoms. The minimum absolute atomic E-state index is 0.186. The molecule has 4 aromatic rings. The summed E-state index contributed by atoms with van der Waals surface area (Å²) in [6, 6.07) is 9.03. The van der Waals surface area contributed by atoms with Crippen molar-refractivity contribution >= 4 is 56.6 Å². The van der Waals surface area contributed by atoms with Gasteiger partial charge in [-0.05, 0) is 36.4 Å². The normalized spacial score (nSPS) is 13.1. The molecule has 0 saturated heterocycles. The number of nitrogens with one attached hydrogen (secondary N) is 2. The molecule has 0 aliphatic heterocycles. The molecule has 5 rings (SSSR count). The molecule has 2 aromatic heterocycles. The number of carbonyl (C=O) groups is 2. The van der Waals surface area contributed by atoms with Crippen LogP contribution < -0.4 is 10.9 Å². The fraction of sp³-hybridized carbons (Fsp3) is 0. The SMILES string of the molecule is O=C1c2[nH]c3ccc(Cl)cc3c(=O)c2C(=O)c2[nH]c3ccc(Cl)cc3c(=O)c21. The quantitative estimate of drug-likeness (QED) is 0.408. The predicted octanol–water partition coefficient (Wildman–Crippen LogP) is 3.45. The molecule has 6 nitrogen and oxygen atoms in total. The molecule has 0 radical (unpaired) electrons. The van der Waals surface area contributed by atoms with Gasteiger partial charge in [0.15, 0.2) is 0 Å². The molecule has 0 fully saturated rings. The third kappa shape index (κ3) is 2.16. The summed E-state index contributed by atoms with van der Waals surface area (Å²) >= 11 is 11.9. The van der Waals surface area contributed by atoms with Gasteiger partial charge in [0, 0.05) is 31.9 Å². The van der Waals surface area contributed by atoms with E-state index in [2.05, 4.69) is 9.97 Å². The van der Waals surface area contributed by atoms with Crippen LogP contribution in [-0.4, -0.2) is 21.5 Å². The van der Waals surface area contributed by atoms with Gasteiger partial charge in [0.05, 0.1) is 11.1 Å². The van der Waals surface area contributed by atoms with Crippen LogP contribution in [0.15, 0.2) is 46.0 Å². The Morgan fingerprint density at radius 3 is 1.39 bits per heavy atom. The number of halogens is 2. The van der Waals surface area contributed by atoms with Crippen molar-refractivity contribution in [2.24, 2.45) is 0 Å². The lowest BCUT2D eigenvalue weighted by Crippen LogP contribution is -2.34. The first-order valence-corrected chi connectivity index (χ1v) is 8.93. The van der Waals surface area contributed by atoms with Gasteiger partial charge in [-0.2, -0.15) is 0 Å². The van der Waals surface area contributed by atoms with E-state index in [-0.39, 0.29) is 33.3 Å². The van der Waals surface area contributed by atoms with Crippen LogP contribution in [0.25, 0.3) is 21.8 Å². The van der Waals surface area contributed by atoms with Crippen LogP contribution in [0.1, 0.15) is 32.1 Å². The van der Waals surface area contributed by atoms with Gasteiger partial charge in [-0.3, -0.25) is 19.2 Å². The minimum atomic E-state index is -0.721. The van der Waals surface area contributed by atoms with Gasteiger partial charge in [0.2, 0.25) is 22.4 Å². The molecule has 0 bridgehead atoms. The van der Waals surface area contributed by atoms with Crippen molar-refractivity contribution in [2.45, 2.75) is 0 Å². The average molecular weight is 411 g/mol. The van der Waals surface area contributed by atoms with Gasteiger partial charge in [-0.25, -0.2) is 0 Å². The van der Waals surface area contributed by atoms with E-state index >= 15 is 0 Å². The third-order valence-corrected chi connectivity index (χ3v) is 5.30. The zero-order valence-electron chi connectivity index (χ0n) is 13.9. The largest absolute Gasteiger partial charge is 0.351 e. The first-order chi connectivity index (χ1) is 13.4. The Morgan fingerprint density at radius 1 is 0.607 bits per heavy atom. The van der Waals surface area contributed by atoms with Crippen molar-refractivity contribution in [2.75, 3.05) is 0 Å². The smallest absolute Gasteiger partial charge is 0.216 e. The summed E-state index contributed by atoms with van der Waals surface area (Å²) in [5.74, 6) is -1.44. The summed E-state index contributed by atoms with van der Waals surface area (Å²) in [7, 11) is 0. The number of hydrogen-bond acceptors (Lipinski definition) is 4. The molecule has 0 unspecified atom stereocenters. The van der Waals surface area contributed by atoms with Crippen LogP contribution in [0.2, 0.25) is 10.0 Å². The van der Waals surface area contributed by atoms with E-state index in [4.69, 9.17) is 23.2 Å². The van der Waals surface area contributed by atoms with Gasteiger partial charge in [0.1, 0.15) is 11.4 Å². The van der Waals surface area contributed by atoms with Gasteiger partial charge < -0.3 is 9.97 Å². The van der Waals surface area contributed by atoms with Crippen molar-refractivity contribution < 1.29 is 9.59 Å². The molecule has 1 aliphatic rings. The highest BCUT2D eigenvalue weighted by Crippen LogP contribution is 2.26. The first kappa shape index (κ1) is 16.9. The van der Waals surface area contributed by atoms with E-state index in [1.54, 1.807) is 12.1 Å². The highest BCUT2D eigenvalue weighted by Gasteiger charge is 2.36. The summed E-state index contributed by atoms with van der Waals surface area (Å²) in [6.45, 7) is 0. The number of hydrogen-bond donors (Lipinski definition) is 2. The Kier molecular flexibility index (Phi) is 3.41. The lowest BCUT2D eigenvalue weighted by atomic mass is 9.88. The van der Waals surface area contributed by atoms with Crippen molar-refractivity contribution in [3.8, 4) is 0 Å². The van der Waals surface area contributed by atoms with Crippen molar-refractivity contribution in [1.29, 1.82) is 0 Å². The number of aromatic nitrogens is 2. The maximum Gasteiger partial charge on any atom is 0.216 e. The number of rotatable bonds is 0. The second-order valence-corrected chi connectivity index (χ2v) is 7.32. The van der Waals surface area contributed by atoms with Crippen LogP contribution in [-0.2, 0) is 0 Å². The molecule has 1 aliphatic carbocycles. The molecule has 0 atom stereocenters. The monoisotopic (exact) mass is 410 g/mol. The number of fused-ring (bicyclic) bond motifs is 4. The van der Waals surface area contributed by atoms with Gasteiger partial charge in [-0.15, -0.1) is 0 Å². The molecule has 2 aromatic carbocycles. The van der Waals surface area contributed by atoms with E-state index in [1.807, 2.05) is 0 Å². The lowest BCUT2D eigenvalue weighted by Gasteiger charge is -2.18. The predicted molar refractivity (Wildman–Crippen MR) is 106 cm³/mol. The molecule has 8 heteroatoms. The Hall–Kier alpha value is -3.22. The van der Waals surface area contributed by atoms with Crippen molar-refractivity contribution in [3.05, 3.63) is 89.4 Å².